The lowest BCUT2D eigenvalue weighted by atomic mass is 10.1. The van der Waals surface area contributed by atoms with Crippen molar-refractivity contribution in [2.75, 3.05) is 12.3 Å². The fourth-order valence-corrected chi connectivity index (χ4v) is 4.43. The Balaban J connectivity index is 1.94. The fourth-order valence-electron chi connectivity index (χ4n) is 2.53. The van der Waals surface area contributed by atoms with Gasteiger partial charge in [0.2, 0.25) is 0 Å². The molecule has 1 aliphatic heterocycles. The molecule has 2 aromatic rings. The summed E-state index contributed by atoms with van der Waals surface area (Å²) in [6, 6.07) is 9.59. The van der Waals surface area contributed by atoms with Gasteiger partial charge < -0.3 is 10.5 Å². The van der Waals surface area contributed by atoms with Gasteiger partial charge in [0.1, 0.15) is 5.75 Å². The highest BCUT2D eigenvalue weighted by Crippen LogP contribution is 2.34. The van der Waals surface area contributed by atoms with Crippen LogP contribution in [0.5, 0.6) is 5.75 Å². The van der Waals surface area contributed by atoms with E-state index in [4.69, 9.17) is 10.5 Å². The summed E-state index contributed by atoms with van der Waals surface area (Å²) in [5.74, 6) is 1.33. The molecule has 110 valence electrons. The van der Waals surface area contributed by atoms with Crippen LogP contribution in [0.3, 0.4) is 0 Å². The molecule has 2 N–H and O–H groups in total. The number of halogens is 1. The zero-order valence-electron chi connectivity index (χ0n) is 11.7. The first-order valence-corrected chi connectivity index (χ1v) is 8.84. The predicted octanol–water partition coefficient (Wildman–Crippen LogP) is 3.58. The molecule has 0 saturated heterocycles. The number of hydrogen-bond acceptors (Lipinski definition) is 3. The number of ether oxygens (including phenoxy) is 1. The summed E-state index contributed by atoms with van der Waals surface area (Å²) >= 11 is 3.51. The number of nitrogens with two attached hydrogens (primary N) is 1. The van der Waals surface area contributed by atoms with Gasteiger partial charge in [0.15, 0.2) is 0 Å². The Hall–Kier alpha value is -1.33. The average molecular weight is 366 g/mol. The third-order valence-corrected chi connectivity index (χ3v) is 5.53. The number of anilines is 1. The van der Waals surface area contributed by atoms with Crippen LogP contribution in [-0.2, 0) is 23.0 Å². The Labute approximate surface area is 135 Å². The highest BCUT2D eigenvalue weighted by Gasteiger charge is 2.20. The number of nitrogen functional groups attached to an aromatic ring is 1. The van der Waals surface area contributed by atoms with Gasteiger partial charge in [-0.3, -0.25) is 4.21 Å². The molecule has 5 heteroatoms. The molecule has 1 atom stereocenters. The monoisotopic (exact) mass is 365 g/mol. The summed E-state index contributed by atoms with van der Waals surface area (Å²) in [6.45, 7) is 2.65. The van der Waals surface area contributed by atoms with E-state index in [1.165, 1.54) is 5.56 Å². The normalized spacial score (nSPS) is 14.6. The van der Waals surface area contributed by atoms with Gasteiger partial charge in [0, 0.05) is 27.0 Å². The first-order valence-electron chi connectivity index (χ1n) is 6.73. The first kappa shape index (κ1) is 14.6. The van der Waals surface area contributed by atoms with Gasteiger partial charge >= 0.3 is 0 Å². The van der Waals surface area contributed by atoms with Crippen molar-refractivity contribution in [3.8, 4) is 5.75 Å². The van der Waals surface area contributed by atoms with E-state index in [-0.39, 0.29) is 0 Å². The Bertz CT molecular complexity index is 730. The molecule has 1 aliphatic rings. The smallest absolute Gasteiger partial charge is 0.126 e. The molecule has 0 aromatic heterocycles. The Kier molecular flexibility index (Phi) is 4.04. The quantitative estimate of drug-likeness (QED) is 0.845. The van der Waals surface area contributed by atoms with Gasteiger partial charge in [-0.25, -0.2) is 0 Å². The van der Waals surface area contributed by atoms with Crippen LogP contribution in [-0.4, -0.2) is 10.8 Å². The molecule has 0 saturated carbocycles. The third kappa shape index (κ3) is 2.99. The standard InChI is InChI=1S/C16H16BrNO2S/c1-10-2-3-14(18)8-15(10)21(19)9-12-7-13(17)6-11-4-5-20-16(11)12/h2-3,6-8H,4-5,9,18H2,1H3. The zero-order chi connectivity index (χ0) is 15.0. The predicted molar refractivity (Wildman–Crippen MR) is 89.0 cm³/mol. The van der Waals surface area contributed by atoms with Gasteiger partial charge in [-0.2, -0.15) is 0 Å². The fraction of sp³-hybridized carbons (Fsp3) is 0.250. The lowest BCUT2D eigenvalue weighted by molar-refractivity contribution is 0.354. The highest BCUT2D eigenvalue weighted by atomic mass is 79.9. The summed E-state index contributed by atoms with van der Waals surface area (Å²) in [6.07, 6.45) is 0.908. The lowest BCUT2D eigenvalue weighted by Crippen LogP contribution is -2.02. The molecule has 0 radical (unpaired) electrons. The molecule has 2 aromatic carbocycles. The summed E-state index contributed by atoms with van der Waals surface area (Å²) < 4.78 is 19.4. The second-order valence-electron chi connectivity index (χ2n) is 5.17. The van der Waals surface area contributed by atoms with E-state index in [1.54, 1.807) is 6.07 Å². The summed E-state index contributed by atoms with van der Waals surface area (Å²) in [7, 11) is -1.14. The van der Waals surface area contributed by atoms with E-state index < -0.39 is 10.8 Å². The number of hydrogen-bond donors (Lipinski definition) is 1. The molecule has 0 bridgehead atoms. The van der Waals surface area contributed by atoms with Crippen LogP contribution >= 0.6 is 15.9 Å². The van der Waals surface area contributed by atoms with Crippen LogP contribution in [0, 0.1) is 6.92 Å². The van der Waals surface area contributed by atoms with Crippen molar-refractivity contribution in [2.24, 2.45) is 0 Å². The van der Waals surface area contributed by atoms with Crippen molar-refractivity contribution in [2.45, 2.75) is 24.0 Å². The lowest BCUT2D eigenvalue weighted by Gasteiger charge is -2.11. The van der Waals surface area contributed by atoms with Crippen molar-refractivity contribution in [3.63, 3.8) is 0 Å². The van der Waals surface area contributed by atoms with Crippen LogP contribution in [0.4, 0.5) is 5.69 Å². The van der Waals surface area contributed by atoms with Crippen molar-refractivity contribution in [1.82, 2.24) is 0 Å². The van der Waals surface area contributed by atoms with E-state index in [9.17, 15) is 4.21 Å². The van der Waals surface area contributed by atoms with E-state index >= 15 is 0 Å². The molecule has 1 unspecified atom stereocenters. The Morgan fingerprint density at radius 1 is 1.33 bits per heavy atom. The number of benzene rings is 2. The summed E-state index contributed by atoms with van der Waals surface area (Å²) in [5.41, 5.74) is 9.60. The Morgan fingerprint density at radius 2 is 2.14 bits per heavy atom. The van der Waals surface area contributed by atoms with Crippen molar-refractivity contribution >= 4 is 32.4 Å². The second-order valence-corrected chi connectivity index (χ2v) is 7.50. The molecule has 21 heavy (non-hydrogen) atoms. The molecule has 3 rings (SSSR count). The molecule has 3 nitrogen and oxygen atoms in total. The SMILES string of the molecule is Cc1ccc(N)cc1S(=O)Cc1cc(Br)cc2c1OCC2. The summed E-state index contributed by atoms with van der Waals surface area (Å²) in [5, 5.41) is 0. The minimum atomic E-state index is -1.14. The third-order valence-electron chi connectivity index (χ3n) is 3.57. The van der Waals surface area contributed by atoms with E-state index in [0.717, 1.165) is 32.7 Å². The van der Waals surface area contributed by atoms with Gasteiger partial charge in [-0.15, -0.1) is 0 Å². The average Bonchev–Trinajstić information content (AvgIpc) is 2.89. The molecular weight excluding hydrogens is 350 g/mol. The van der Waals surface area contributed by atoms with Gasteiger partial charge in [-0.05, 0) is 42.3 Å². The van der Waals surface area contributed by atoms with Crippen molar-refractivity contribution in [1.29, 1.82) is 0 Å². The maximum Gasteiger partial charge on any atom is 0.126 e. The molecule has 0 aliphatic carbocycles. The topological polar surface area (TPSA) is 52.3 Å². The van der Waals surface area contributed by atoms with E-state index in [2.05, 4.69) is 22.0 Å². The van der Waals surface area contributed by atoms with Crippen molar-refractivity contribution < 1.29 is 8.95 Å². The van der Waals surface area contributed by atoms with Crippen LogP contribution in [0.2, 0.25) is 0 Å². The van der Waals surface area contributed by atoms with Crippen LogP contribution in [0.1, 0.15) is 16.7 Å². The van der Waals surface area contributed by atoms with Crippen molar-refractivity contribution in [3.05, 3.63) is 51.5 Å². The maximum absolute atomic E-state index is 12.7. The van der Waals surface area contributed by atoms with E-state index in [0.29, 0.717) is 18.0 Å². The Morgan fingerprint density at radius 3 is 2.95 bits per heavy atom. The largest absolute Gasteiger partial charge is 0.493 e. The van der Waals surface area contributed by atoms with Gasteiger partial charge in [-0.1, -0.05) is 22.0 Å². The number of aryl methyl sites for hydroxylation is 1. The van der Waals surface area contributed by atoms with Gasteiger partial charge in [0.25, 0.3) is 0 Å². The molecule has 0 amide bonds. The second kappa shape index (κ2) is 5.81. The first-order chi connectivity index (χ1) is 10.0. The molecular formula is C16H16BrNO2S. The van der Waals surface area contributed by atoms with Crippen LogP contribution in [0.25, 0.3) is 0 Å². The minimum Gasteiger partial charge on any atom is -0.493 e. The molecule has 1 heterocycles. The molecule has 0 spiro atoms. The number of fused-ring (bicyclic) bond motifs is 1. The maximum atomic E-state index is 12.7. The van der Waals surface area contributed by atoms with Crippen LogP contribution in [0.15, 0.2) is 39.7 Å². The highest BCUT2D eigenvalue weighted by molar-refractivity contribution is 9.10. The molecule has 0 fully saturated rings. The van der Waals surface area contributed by atoms with E-state index in [1.807, 2.05) is 25.1 Å². The minimum absolute atomic E-state index is 0.437. The summed E-state index contributed by atoms with van der Waals surface area (Å²) in [4.78, 5) is 0.793. The van der Waals surface area contributed by atoms with Gasteiger partial charge in [0.05, 0.1) is 23.2 Å². The number of rotatable bonds is 3. The zero-order valence-corrected chi connectivity index (χ0v) is 14.1. The van der Waals surface area contributed by atoms with Crippen LogP contribution < -0.4 is 10.5 Å².